The van der Waals surface area contributed by atoms with E-state index in [1.54, 1.807) is 0 Å². The van der Waals surface area contributed by atoms with Crippen LogP contribution in [0.5, 0.6) is 0 Å². The number of oxazole rings is 1. The lowest BCUT2D eigenvalue weighted by Crippen LogP contribution is -2.27. The van der Waals surface area contributed by atoms with Crippen LogP contribution >= 0.6 is 11.8 Å². The number of rotatable bonds is 3. The topological polar surface area (TPSA) is 52.0 Å². The fourth-order valence-corrected chi connectivity index (χ4v) is 3.48. The minimum absolute atomic E-state index is 0.142. The molecule has 0 saturated carbocycles. The van der Waals surface area contributed by atoms with E-state index in [-0.39, 0.29) is 5.41 Å². The first-order chi connectivity index (χ1) is 7.65. The van der Waals surface area contributed by atoms with Gasteiger partial charge in [-0.25, -0.2) is 4.98 Å². The summed E-state index contributed by atoms with van der Waals surface area (Å²) in [4.78, 5) is 4.59. The Morgan fingerprint density at radius 2 is 2.12 bits per heavy atom. The standard InChI is InChI=1S/C12H20N2OS/c1-9-10(3-6-13)15-11(14-9)12(2)4-7-16-8-5-12/h3-8,13H2,1-2H3. The van der Waals surface area contributed by atoms with Crippen LogP contribution in [0, 0.1) is 6.92 Å². The second kappa shape index (κ2) is 4.80. The fraction of sp³-hybridized carbons (Fsp3) is 0.750. The smallest absolute Gasteiger partial charge is 0.200 e. The Balaban J connectivity index is 2.22. The predicted molar refractivity (Wildman–Crippen MR) is 67.9 cm³/mol. The number of hydrogen-bond donors (Lipinski definition) is 1. The van der Waals surface area contributed by atoms with E-state index in [1.165, 1.54) is 24.3 Å². The van der Waals surface area contributed by atoms with Crippen LogP contribution in [0.15, 0.2) is 4.42 Å². The number of nitrogens with two attached hydrogens (primary N) is 1. The lowest BCUT2D eigenvalue weighted by molar-refractivity contribution is 0.313. The SMILES string of the molecule is Cc1nc(C2(C)CCSCC2)oc1CCN. The quantitative estimate of drug-likeness (QED) is 0.880. The Bertz CT molecular complexity index is 356. The van der Waals surface area contributed by atoms with Gasteiger partial charge >= 0.3 is 0 Å². The van der Waals surface area contributed by atoms with Crippen molar-refractivity contribution in [3.05, 3.63) is 17.3 Å². The van der Waals surface area contributed by atoms with Gasteiger partial charge < -0.3 is 10.2 Å². The molecular formula is C12H20N2OS. The molecule has 1 aromatic heterocycles. The summed E-state index contributed by atoms with van der Waals surface area (Å²) >= 11 is 2.02. The van der Waals surface area contributed by atoms with Crippen LogP contribution in [0.2, 0.25) is 0 Å². The maximum atomic E-state index is 5.90. The van der Waals surface area contributed by atoms with Crippen LogP contribution < -0.4 is 5.73 Å². The molecule has 0 aliphatic carbocycles. The van der Waals surface area contributed by atoms with Gasteiger partial charge in [-0.3, -0.25) is 0 Å². The molecule has 2 N–H and O–H groups in total. The number of aromatic nitrogens is 1. The average molecular weight is 240 g/mol. The summed E-state index contributed by atoms with van der Waals surface area (Å²) in [5.41, 5.74) is 6.71. The largest absolute Gasteiger partial charge is 0.445 e. The molecule has 0 atom stereocenters. The van der Waals surface area contributed by atoms with E-state index in [9.17, 15) is 0 Å². The second-order valence-electron chi connectivity index (χ2n) is 4.74. The summed E-state index contributed by atoms with van der Waals surface area (Å²) in [6.07, 6.45) is 3.13. The first-order valence-corrected chi connectivity index (χ1v) is 7.06. The predicted octanol–water partition coefficient (Wildman–Crippen LogP) is 2.27. The van der Waals surface area contributed by atoms with Crippen molar-refractivity contribution in [1.29, 1.82) is 0 Å². The molecule has 16 heavy (non-hydrogen) atoms. The van der Waals surface area contributed by atoms with Crippen LogP contribution in [0.3, 0.4) is 0 Å². The van der Waals surface area contributed by atoms with E-state index in [2.05, 4.69) is 11.9 Å². The number of nitrogens with zero attached hydrogens (tertiary/aromatic N) is 1. The van der Waals surface area contributed by atoms with Gasteiger partial charge in [0.1, 0.15) is 5.76 Å². The van der Waals surface area contributed by atoms with E-state index < -0.39 is 0 Å². The highest BCUT2D eigenvalue weighted by Gasteiger charge is 2.34. The van der Waals surface area contributed by atoms with Gasteiger partial charge in [-0.2, -0.15) is 11.8 Å². The average Bonchev–Trinajstić information content (AvgIpc) is 2.63. The van der Waals surface area contributed by atoms with Crippen LogP contribution in [0.1, 0.15) is 37.1 Å². The molecule has 1 aliphatic heterocycles. The molecule has 2 heterocycles. The first-order valence-electron chi connectivity index (χ1n) is 5.90. The summed E-state index contributed by atoms with van der Waals surface area (Å²) in [5, 5.41) is 0. The van der Waals surface area contributed by atoms with Crippen molar-refractivity contribution in [2.45, 2.75) is 38.5 Å². The van der Waals surface area contributed by atoms with Crippen molar-refractivity contribution in [3.8, 4) is 0 Å². The maximum absolute atomic E-state index is 5.90. The number of aryl methyl sites for hydroxylation is 1. The molecule has 0 aromatic carbocycles. The zero-order valence-electron chi connectivity index (χ0n) is 10.1. The zero-order chi connectivity index (χ0) is 11.6. The monoisotopic (exact) mass is 240 g/mol. The zero-order valence-corrected chi connectivity index (χ0v) is 10.9. The highest BCUT2D eigenvalue weighted by Crippen LogP contribution is 2.37. The van der Waals surface area contributed by atoms with Gasteiger partial charge in [0.25, 0.3) is 0 Å². The molecule has 1 fully saturated rings. The van der Waals surface area contributed by atoms with Crippen molar-refractivity contribution >= 4 is 11.8 Å². The summed E-state index contributed by atoms with van der Waals surface area (Å²) in [6, 6.07) is 0. The molecule has 0 spiro atoms. The van der Waals surface area contributed by atoms with Crippen LogP contribution in [0.4, 0.5) is 0 Å². The Morgan fingerprint density at radius 3 is 2.75 bits per heavy atom. The van der Waals surface area contributed by atoms with E-state index >= 15 is 0 Å². The van der Waals surface area contributed by atoms with Gasteiger partial charge in [0.15, 0.2) is 0 Å². The van der Waals surface area contributed by atoms with Gasteiger partial charge in [0, 0.05) is 11.8 Å². The van der Waals surface area contributed by atoms with Crippen molar-refractivity contribution in [2.24, 2.45) is 5.73 Å². The normalized spacial score (nSPS) is 19.9. The molecule has 1 saturated heterocycles. The minimum atomic E-state index is 0.142. The maximum Gasteiger partial charge on any atom is 0.200 e. The van der Waals surface area contributed by atoms with Gasteiger partial charge in [-0.1, -0.05) is 6.92 Å². The van der Waals surface area contributed by atoms with E-state index in [0.29, 0.717) is 6.54 Å². The molecule has 4 heteroatoms. The van der Waals surface area contributed by atoms with Crippen molar-refractivity contribution in [2.75, 3.05) is 18.1 Å². The van der Waals surface area contributed by atoms with Gasteiger partial charge in [0.2, 0.25) is 5.89 Å². The highest BCUT2D eigenvalue weighted by molar-refractivity contribution is 7.99. The molecule has 3 nitrogen and oxygen atoms in total. The molecule has 1 aromatic rings. The number of hydrogen-bond acceptors (Lipinski definition) is 4. The summed E-state index contributed by atoms with van der Waals surface area (Å²) in [7, 11) is 0. The second-order valence-corrected chi connectivity index (χ2v) is 5.96. The molecular weight excluding hydrogens is 220 g/mol. The first kappa shape index (κ1) is 12.0. The summed E-state index contributed by atoms with van der Waals surface area (Å²) < 4.78 is 5.90. The molecule has 2 rings (SSSR count). The molecule has 1 aliphatic rings. The van der Waals surface area contributed by atoms with Crippen molar-refractivity contribution in [1.82, 2.24) is 4.98 Å². The Labute approximate surface area is 101 Å². The molecule has 90 valence electrons. The van der Waals surface area contributed by atoms with Gasteiger partial charge in [0.05, 0.1) is 5.69 Å². The van der Waals surface area contributed by atoms with E-state index in [1.807, 2.05) is 18.7 Å². The van der Waals surface area contributed by atoms with Crippen molar-refractivity contribution < 1.29 is 4.42 Å². The van der Waals surface area contributed by atoms with Crippen molar-refractivity contribution in [3.63, 3.8) is 0 Å². The third-order valence-corrected chi connectivity index (χ3v) is 4.36. The Morgan fingerprint density at radius 1 is 1.44 bits per heavy atom. The van der Waals surface area contributed by atoms with Gasteiger partial charge in [-0.05, 0) is 37.8 Å². The lowest BCUT2D eigenvalue weighted by Gasteiger charge is -2.29. The molecule has 0 bridgehead atoms. The van der Waals surface area contributed by atoms with E-state index in [4.69, 9.17) is 10.2 Å². The highest BCUT2D eigenvalue weighted by atomic mass is 32.2. The fourth-order valence-electron chi connectivity index (χ4n) is 2.09. The van der Waals surface area contributed by atoms with Crippen LogP contribution in [-0.2, 0) is 11.8 Å². The number of thioether (sulfide) groups is 1. The summed E-state index contributed by atoms with van der Waals surface area (Å²) in [5.74, 6) is 4.32. The third kappa shape index (κ3) is 2.28. The Kier molecular flexibility index (Phi) is 3.60. The van der Waals surface area contributed by atoms with Gasteiger partial charge in [-0.15, -0.1) is 0 Å². The molecule has 0 radical (unpaired) electrons. The lowest BCUT2D eigenvalue weighted by atomic mass is 9.84. The molecule has 0 unspecified atom stereocenters. The van der Waals surface area contributed by atoms with Crippen LogP contribution in [0.25, 0.3) is 0 Å². The molecule has 0 amide bonds. The third-order valence-electron chi connectivity index (χ3n) is 3.38. The van der Waals surface area contributed by atoms with E-state index in [0.717, 1.165) is 23.8 Å². The Hall–Kier alpha value is -0.480. The minimum Gasteiger partial charge on any atom is -0.445 e. The van der Waals surface area contributed by atoms with Crippen LogP contribution in [-0.4, -0.2) is 23.0 Å². The summed E-state index contributed by atoms with van der Waals surface area (Å²) in [6.45, 7) is 4.91.